The van der Waals surface area contributed by atoms with Gasteiger partial charge in [0.1, 0.15) is 12.2 Å². The predicted molar refractivity (Wildman–Crippen MR) is 54.6 cm³/mol. The van der Waals surface area contributed by atoms with Crippen LogP contribution in [-0.4, -0.2) is 17.2 Å². The predicted octanol–water partition coefficient (Wildman–Crippen LogP) is 2.54. The third-order valence-corrected chi connectivity index (χ3v) is 3.15. The molecule has 4 heteroatoms. The van der Waals surface area contributed by atoms with Crippen molar-refractivity contribution in [3.63, 3.8) is 0 Å². The van der Waals surface area contributed by atoms with Gasteiger partial charge in [0.25, 0.3) is 5.88 Å². The van der Waals surface area contributed by atoms with Gasteiger partial charge in [0.15, 0.2) is 5.75 Å². The lowest BCUT2D eigenvalue weighted by atomic mass is 10.2. The van der Waals surface area contributed by atoms with Crippen molar-refractivity contribution in [1.29, 1.82) is 0 Å². The third-order valence-electron chi connectivity index (χ3n) is 2.72. The molecule has 2 heterocycles. The molecule has 0 spiro atoms. The van der Waals surface area contributed by atoms with Crippen molar-refractivity contribution in [2.24, 2.45) is 0 Å². The average molecular weight is 256 g/mol. The van der Waals surface area contributed by atoms with Gasteiger partial charge in [0, 0.05) is 16.7 Å². The van der Waals surface area contributed by atoms with Crippen molar-refractivity contribution < 1.29 is 9.47 Å². The molecule has 3 nitrogen and oxygen atoms in total. The van der Waals surface area contributed by atoms with E-state index in [0.717, 1.165) is 23.1 Å². The van der Waals surface area contributed by atoms with Crippen LogP contribution in [-0.2, 0) is 0 Å². The highest BCUT2D eigenvalue weighted by Crippen LogP contribution is 2.38. The molecule has 0 N–H and O–H groups in total. The Bertz CT molecular complexity index is 369. The number of fused-ring (bicyclic) bond motifs is 2. The van der Waals surface area contributed by atoms with Gasteiger partial charge in [-0.15, -0.1) is 0 Å². The topological polar surface area (TPSA) is 31.4 Å². The van der Waals surface area contributed by atoms with Gasteiger partial charge in [-0.2, -0.15) is 0 Å². The molecule has 2 aliphatic rings. The van der Waals surface area contributed by atoms with E-state index in [4.69, 9.17) is 9.47 Å². The summed E-state index contributed by atoms with van der Waals surface area (Å²) in [5, 5.41) is 0. The molecule has 1 aliphatic heterocycles. The molecule has 2 atom stereocenters. The fourth-order valence-electron chi connectivity index (χ4n) is 2.05. The van der Waals surface area contributed by atoms with Crippen LogP contribution in [0.2, 0.25) is 0 Å². The maximum absolute atomic E-state index is 5.82. The summed E-state index contributed by atoms with van der Waals surface area (Å²) in [6, 6.07) is 1.91. The van der Waals surface area contributed by atoms with Crippen LogP contribution in [0.1, 0.15) is 19.3 Å². The highest BCUT2D eigenvalue weighted by Gasteiger charge is 2.36. The number of hydrogen-bond donors (Lipinski definition) is 0. The average Bonchev–Trinajstić information content (AvgIpc) is 2.61. The Morgan fingerprint density at radius 1 is 1.29 bits per heavy atom. The van der Waals surface area contributed by atoms with E-state index in [9.17, 15) is 0 Å². The lowest BCUT2D eigenvalue weighted by molar-refractivity contribution is 0.0381. The second kappa shape index (κ2) is 3.12. The van der Waals surface area contributed by atoms with Crippen LogP contribution in [0.15, 0.2) is 16.7 Å². The third kappa shape index (κ3) is 1.29. The van der Waals surface area contributed by atoms with E-state index in [1.165, 1.54) is 6.42 Å². The van der Waals surface area contributed by atoms with Gasteiger partial charge in [0.05, 0.1) is 0 Å². The Labute approximate surface area is 90.6 Å². The minimum Gasteiger partial charge on any atom is -0.481 e. The van der Waals surface area contributed by atoms with Crippen LogP contribution < -0.4 is 9.47 Å². The van der Waals surface area contributed by atoms with Crippen LogP contribution in [0.25, 0.3) is 0 Å². The van der Waals surface area contributed by atoms with E-state index in [0.29, 0.717) is 5.88 Å². The quantitative estimate of drug-likeness (QED) is 0.714. The summed E-state index contributed by atoms with van der Waals surface area (Å²) in [5.74, 6) is 1.40. The molecule has 14 heavy (non-hydrogen) atoms. The normalized spacial score (nSPS) is 28.6. The summed E-state index contributed by atoms with van der Waals surface area (Å²) in [6.07, 6.45) is 5.55. The van der Waals surface area contributed by atoms with Crippen molar-refractivity contribution in [3.05, 3.63) is 16.7 Å². The number of hydrogen-bond acceptors (Lipinski definition) is 3. The number of ether oxygens (including phenoxy) is 2. The van der Waals surface area contributed by atoms with Gasteiger partial charge in [0.2, 0.25) is 0 Å². The second-order valence-electron chi connectivity index (χ2n) is 3.70. The second-order valence-corrected chi connectivity index (χ2v) is 4.62. The van der Waals surface area contributed by atoms with Gasteiger partial charge in [-0.05, 0) is 35.2 Å². The minimum atomic E-state index is 0.219. The molecule has 1 aromatic rings. The maximum atomic E-state index is 5.82. The molecule has 0 amide bonds. The summed E-state index contributed by atoms with van der Waals surface area (Å²) in [6.45, 7) is 0. The first kappa shape index (κ1) is 8.53. The van der Waals surface area contributed by atoms with E-state index in [2.05, 4.69) is 20.9 Å². The van der Waals surface area contributed by atoms with Gasteiger partial charge in [-0.1, -0.05) is 0 Å². The highest BCUT2D eigenvalue weighted by molar-refractivity contribution is 9.10. The molecular formula is C10H10BrNO2. The van der Waals surface area contributed by atoms with Gasteiger partial charge in [-0.3, -0.25) is 0 Å². The first-order valence-corrected chi connectivity index (χ1v) is 5.61. The van der Waals surface area contributed by atoms with Crippen molar-refractivity contribution >= 4 is 15.9 Å². The molecule has 1 saturated carbocycles. The zero-order valence-electron chi connectivity index (χ0n) is 7.57. The molecule has 1 fully saturated rings. The molecule has 0 saturated heterocycles. The zero-order chi connectivity index (χ0) is 9.54. The summed E-state index contributed by atoms with van der Waals surface area (Å²) in [5.41, 5.74) is 0. The van der Waals surface area contributed by atoms with Crippen LogP contribution >= 0.6 is 15.9 Å². The molecule has 1 aromatic heterocycles. The number of pyridine rings is 1. The van der Waals surface area contributed by atoms with Crippen LogP contribution in [0.5, 0.6) is 11.6 Å². The standard InChI is InChI=1S/C10H10BrNO2/c11-6-4-9-10(12-5-6)14-8-3-1-2-7(8)13-9/h4-5,7-8H,1-3H2/t7-,8-/m0/s1. The van der Waals surface area contributed by atoms with E-state index in [1.54, 1.807) is 6.20 Å². The molecule has 0 radical (unpaired) electrons. The first-order chi connectivity index (χ1) is 6.83. The Morgan fingerprint density at radius 3 is 2.93 bits per heavy atom. The molecule has 0 unspecified atom stereocenters. The van der Waals surface area contributed by atoms with Gasteiger partial charge >= 0.3 is 0 Å². The number of aromatic nitrogens is 1. The van der Waals surface area contributed by atoms with E-state index in [1.807, 2.05) is 6.07 Å². The number of nitrogens with zero attached hydrogens (tertiary/aromatic N) is 1. The Kier molecular flexibility index (Phi) is 1.90. The lowest BCUT2D eigenvalue weighted by Gasteiger charge is -2.28. The van der Waals surface area contributed by atoms with Crippen molar-refractivity contribution in [3.8, 4) is 11.6 Å². The highest BCUT2D eigenvalue weighted by atomic mass is 79.9. The van der Waals surface area contributed by atoms with Crippen LogP contribution in [0.4, 0.5) is 0 Å². The van der Waals surface area contributed by atoms with E-state index >= 15 is 0 Å². The van der Waals surface area contributed by atoms with E-state index < -0.39 is 0 Å². The molecule has 74 valence electrons. The van der Waals surface area contributed by atoms with Crippen molar-refractivity contribution in [2.45, 2.75) is 31.5 Å². The molecule has 1 aliphatic carbocycles. The largest absolute Gasteiger partial charge is 0.481 e. The molecule has 3 rings (SSSR count). The lowest BCUT2D eigenvalue weighted by Crippen LogP contribution is -2.35. The van der Waals surface area contributed by atoms with Crippen LogP contribution in [0, 0.1) is 0 Å². The monoisotopic (exact) mass is 255 g/mol. The Hall–Kier alpha value is -0.770. The van der Waals surface area contributed by atoms with E-state index in [-0.39, 0.29) is 12.2 Å². The fourth-order valence-corrected chi connectivity index (χ4v) is 2.36. The Morgan fingerprint density at radius 2 is 2.07 bits per heavy atom. The fraction of sp³-hybridized carbons (Fsp3) is 0.500. The van der Waals surface area contributed by atoms with Gasteiger partial charge in [-0.25, -0.2) is 4.98 Å². The maximum Gasteiger partial charge on any atom is 0.257 e. The number of halogens is 1. The zero-order valence-corrected chi connectivity index (χ0v) is 9.16. The minimum absolute atomic E-state index is 0.219. The van der Waals surface area contributed by atoms with Crippen LogP contribution in [0.3, 0.4) is 0 Å². The first-order valence-electron chi connectivity index (χ1n) is 4.82. The SMILES string of the molecule is Brc1cnc2c(c1)O[C@H]1CCC[C@@H]1O2. The summed E-state index contributed by atoms with van der Waals surface area (Å²) < 4.78 is 12.5. The molecule has 0 aromatic carbocycles. The van der Waals surface area contributed by atoms with Crippen molar-refractivity contribution in [2.75, 3.05) is 0 Å². The molecular weight excluding hydrogens is 246 g/mol. The summed E-state index contributed by atoms with van der Waals surface area (Å²) in [4.78, 5) is 4.19. The smallest absolute Gasteiger partial charge is 0.257 e. The molecule has 0 bridgehead atoms. The summed E-state index contributed by atoms with van der Waals surface area (Å²) in [7, 11) is 0. The Balaban J connectivity index is 1.97. The van der Waals surface area contributed by atoms with Crippen molar-refractivity contribution in [1.82, 2.24) is 4.98 Å². The summed E-state index contributed by atoms with van der Waals surface area (Å²) >= 11 is 3.36. The number of rotatable bonds is 0. The van der Waals surface area contributed by atoms with Gasteiger partial charge < -0.3 is 9.47 Å².